The molecule has 0 aliphatic rings. The highest BCUT2D eigenvalue weighted by atomic mass is 16.2. The van der Waals surface area contributed by atoms with Gasteiger partial charge in [-0.15, -0.1) is 0 Å². The summed E-state index contributed by atoms with van der Waals surface area (Å²) in [5.41, 5.74) is 1.32. The maximum Gasteiger partial charge on any atom is 0.373 e. The molecule has 0 N–H and O–H groups in total. The van der Waals surface area contributed by atoms with Crippen LogP contribution in [0.15, 0.2) is 66.7 Å². The molecule has 0 saturated heterocycles. The zero-order valence-electron chi connectivity index (χ0n) is 13.2. The van der Waals surface area contributed by atoms with Gasteiger partial charge in [-0.3, -0.25) is 0 Å². The van der Waals surface area contributed by atoms with Crippen LogP contribution in [0.5, 0.6) is 0 Å². The fourth-order valence-electron chi connectivity index (χ4n) is 0.919. The van der Waals surface area contributed by atoms with E-state index in [1.165, 1.54) is 5.56 Å². The number of hydrogen-bond donors (Lipinski definition) is 0. The van der Waals surface area contributed by atoms with Gasteiger partial charge < -0.3 is 0 Å². The predicted molar refractivity (Wildman–Crippen MR) is 98.8 cm³/mol. The number of carbonyl (C=O) groups excluding carboxylic acids is 2. The van der Waals surface area contributed by atoms with Gasteiger partial charge in [-0.25, -0.2) is 0 Å². The Hall–Kier alpha value is -2.18. The minimum Gasteiger partial charge on any atom is -0.186 e. The van der Waals surface area contributed by atoms with E-state index in [9.17, 15) is 0 Å². The highest BCUT2D eigenvalue weighted by molar-refractivity contribution is 5.20. The highest BCUT2D eigenvalue weighted by Gasteiger charge is 1.72. The first kappa shape index (κ1) is 32.0. The lowest BCUT2D eigenvalue weighted by atomic mass is 10.2. The van der Waals surface area contributed by atoms with Crippen LogP contribution in [0.4, 0.5) is 0 Å². The molecule has 0 aliphatic heterocycles. The molecule has 0 aliphatic carbocycles. The van der Waals surface area contributed by atoms with Crippen LogP contribution in [0.1, 0.15) is 48.1 Å². The van der Waals surface area contributed by atoms with Crippen LogP contribution in [0, 0.1) is 6.92 Å². The van der Waals surface area contributed by atoms with Crippen molar-refractivity contribution in [1.82, 2.24) is 0 Å². The van der Waals surface area contributed by atoms with Crippen LogP contribution in [-0.2, 0) is 9.59 Å². The molecule has 0 radical (unpaired) electrons. The van der Waals surface area contributed by atoms with E-state index in [0.717, 1.165) is 0 Å². The van der Waals surface area contributed by atoms with Crippen molar-refractivity contribution in [1.29, 1.82) is 0 Å². The summed E-state index contributed by atoms with van der Waals surface area (Å²) in [6.07, 6.45) is 0.250. The molecule has 2 aromatic carbocycles. The molecule has 0 saturated carbocycles. The first-order valence-corrected chi connectivity index (χ1v) is 6.82. The molecule has 0 spiro atoms. The fraction of sp³-hybridized carbons (Fsp3) is 0.350. The van der Waals surface area contributed by atoms with Gasteiger partial charge in [0, 0.05) is 0 Å². The zero-order valence-corrected chi connectivity index (χ0v) is 13.2. The molecule has 0 heterocycles. The van der Waals surface area contributed by atoms with Gasteiger partial charge in [0.2, 0.25) is 0 Å². The van der Waals surface area contributed by atoms with Crippen LogP contribution < -0.4 is 0 Å². The standard InChI is InChI=1S/C7H8.C6H6.2C2H6.CO2.2CH4/c1-7-5-3-2-4-6-7;1-2-4-6-5-3-1;2*1-2;2-1-3;;/h2-6H,1H3;1-6H;2*1-2H3;;2*1H4. The Morgan fingerprint density at radius 1 is 0.591 bits per heavy atom. The molecule has 0 atom stereocenters. The van der Waals surface area contributed by atoms with Gasteiger partial charge in [-0.05, 0) is 6.92 Å². The Morgan fingerprint density at radius 2 is 0.773 bits per heavy atom. The van der Waals surface area contributed by atoms with Crippen LogP contribution in [0.2, 0.25) is 0 Å². The minimum absolute atomic E-state index is 0. The van der Waals surface area contributed by atoms with Crippen molar-refractivity contribution in [2.75, 3.05) is 0 Å². The van der Waals surface area contributed by atoms with Crippen molar-refractivity contribution in [3.63, 3.8) is 0 Å². The predicted octanol–water partition coefficient (Wildman–Crippen LogP) is 6.42. The average molecular weight is 306 g/mol. The SMILES string of the molecule is C.C.CC.CC.Cc1ccccc1.O=C=O.c1ccccc1. The van der Waals surface area contributed by atoms with Gasteiger partial charge in [0.05, 0.1) is 0 Å². The van der Waals surface area contributed by atoms with Crippen molar-refractivity contribution in [2.24, 2.45) is 0 Å². The smallest absolute Gasteiger partial charge is 0.186 e. The van der Waals surface area contributed by atoms with Crippen molar-refractivity contribution < 1.29 is 9.59 Å². The van der Waals surface area contributed by atoms with Gasteiger partial charge in [0.1, 0.15) is 0 Å². The van der Waals surface area contributed by atoms with Gasteiger partial charge in [0.15, 0.2) is 0 Å². The first-order chi connectivity index (χ1) is 9.81. The molecular weight excluding hydrogens is 272 g/mol. The Labute approximate surface area is 138 Å². The number of hydrogen-bond acceptors (Lipinski definition) is 2. The van der Waals surface area contributed by atoms with Crippen molar-refractivity contribution in [3.8, 4) is 0 Å². The van der Waals surface area contributed by atoms with Gasteiger partial charge in [0.25, 0.3) is 0 Å². The van der Waals surface area contributed by atoms with E-state index in [1.54, 1.807) is 0 Å². The minimum atomic E-state index is 0. The summed E-state index contributed by atoms with van der Waals surface area (Å²) in [5, 5.41) is 0. The summed E-state index contributed by atoms with van der Waals surface area (Å²) in [6.45, 7) is 10.1. The Bertz CT molecular complexity index is 350. The second-order valence-corrected chi connectivity index (χ2v) is 2.89. The molecule has 0 aromatic heterocycles. The maximum absolute atomic E-state index is 8.12. The Kier molecular flexibility index (Phi) is 52.8. The third-order valence-corrected chi connectivity index (χ3v) is 1.61. The molecular formula is C20H34O2. The lowest BCUT2D eigenvalue weighted by molar-refractivity contribution is -0.191. The molecule has 0 unspecified atom stereocenters. The molecule has 22 heavy (non-hydrogen) atoms. The molecule has 0 fully saturated rings. The van der Waals surface area contributed by atoms with Crippen molar-refractivity contribution >= 4 is 6.15 Å². The van der Waals surface area contributed by atoms with Crippen LogP contribution in [-0.4, -0.2) is 6.15 Å². The fourth-order valence-corrected chi connectivity index (χ4v) is 0.919. The highest BCUT2D eigenvalue weighted by Crippen LogP contribution is 1.92. The molecule has 2 heteroatoms. The molecule has 2 rings (SSSR count). The monoisotopic (exact) mass is 306 g/mol. The molecule has 2 nitrogen and oxygen atoms in total. The third kappa shape index (κ3) is 36.1. The van der Waals surface area contributed by atoms with Crippen LogP contribution in [0.25, 0.3) is 0 Å². The summed E-state index contributed by atoms with van der Waals surface area (Å²) >= 11 is 0. The second kappa shape index (κ2) is 36.4. The van der Waals surface area contributed by atoms with Gasteiger partial charge in [-0.2, -0.15) is 9.59 Å². The van der Waals surface area contributed by atoms with E-state index in [0.29, 0.717) is 0 Å². The second-order valence-electron chi connectivity index (χ2n) is 2.89. The van der Waals surface area contributed by atoms with E-state index >= 15 is 0 Å². The largest absolute Gasteiger partial charge is 0.373 e. The number of aryl methyl sites for hydroxylation is 1. The molecule has 2 aromatic rings. The van der Waals surface area contributed by atoms with E-state index in [4.69, 9.17) is 9.59 Å². The summed E-state index contributed by atoms with van der Waals surface area (Å²) < 4.78 is 0. The van der Waals surface area contributed by atoms with Crippen LogP contribution in [0.3, 0.4) is 0 Å². The lowest BCUT2D eigenvalue weighted by Crippen LogP contribution is -1.62. The average Bonchev–Trinajstić information content (AvgIpc) is 2.55. The number of rotatable bonds is 0. The Balaban J connectivity index is -0.0000000593. The lowest BCUT2D eigenvalue weighted by Gasteiger charge is -1.82. The first-order valence-electron chi connectivity index (χ1n) is 6.82. The van der Waals surface area contributed by atoms with Crippen molar-refractivity contribution in [2.45, 2.75) is 49.5 Å². The maximum atomic E-state index is 8.12. The summed E-state index contributed by atoms with van der Waals surface area (Å²) in [4.78, 5) is 16.2. The summed E-state index contributed by atoms with van der Waals surface area (Å²) in [5.74, 6) is 0. The Morgan fingerprint density at radius 3 is 0.909 bits per heavy atom. The van der Waals surface area contributed by atoms with Crippen molar-refractivity contribution in [3.05, 3.63) is 72.3 Å². The van der Waals surface area contributed by atoms with Gasteiger partial charge in [-0.1, -0.05) is 115 Å². The van der Waals surface area contributed by atoms with E-state index in [2.05, 4.69) is 19.1 Å². The normalized spacial score (nSPS) is 5.86. The molecule has 0 amide bonds. The van der Waals surface area contributed by atoms with E-state index in [1.807, 2.05) is 82.3 Å². The van der Waals surface area contributed by atoms with E-state index < -0.39 is 0 Å². The van der Waals surface area contributed by atoms with Gasteiger partial charge >= 0.3 is 6.15 Å². The quantitative estimate of drug-likeness (QED) is 0.562. The third-order valence-electron chi connectivity index (χ3n) is 1.61. The van der Waals surface area contributed by atoms with E-state index in [-0.39, 0.29) is 21.0 Å². The summed E-state index contributed by atoms with van der Waals surface area (Å²) in [6, 6.07) is 22.3. The molecule has 126 valence electrons. The van der Waals surface area contributed by atoms with Crippen LogP contribution >= 0.6 is 0 Å². The molecule has 0 bridgehead atoms. The zero-order chi connectivity index (χ0) is 16.1. The summed E-state index contributed by atoms with van der Waals surface area (Å²) in [7, 11) is 0. The topological polar surface area (TPSA) is 34.1 Å². The number of benzene rings is 2.